The van der Waals surface area contributed by atoms with Gasteiger partial charge in [0.1, 0.15) is 0 Å². The Morgan fingerprint density at radius 1 is 1.15 bits per heavy atom. The number of benzene rings is 1. The number of allylic oxidation sites excluding steroid dienone is 1. The summed E-state index contributed by atoms with van der Waals surface area (Å²) in [4.78, 5) is 4.36. The molecule has 0 saturated heterocycles. The van der Waals surface area contributed by atoms with Crippen molar-refractivity contribution in [1.82, 2.24) is 0 Å². The fraction of sp³-hybridized carbons (Fsp3) is 0.250. The van der Waals surface area contributed by atoms with Gasteiger partial charge in [-0.05, 0) is 18.4 Å². The van der Waals surface area contributed by atoms with E-state index in [4.69, 9.17) is 0 Å². The quantitative estimate of drug-likeness (QED) is 0.648. The fourth-order valence-corrected chi connectivity index (χ4v) is 1.51. The van der Waals surface area contributed by atoms with E-state index in [0.29, 0.717) is 0 Å². The third kappa shape index (κ3) is 2.28. The predicted octanol–water partition coefficient (Wildman–Crippen LogP) is 2.98. The van der Waals surface area contributed by atoms with Crippen LogP contribution in [0.3, 0.4) is 0 Å². The first-order valence-electron chi connectivity index (χ1n) is 4.69. The van der Waals surface area contributed by atoms with E-state index in [0.717, 1.165) is 19.3 Å². The first-order valence-corrected chi connectivity index (χ1v) is 4.69. The highest BCUT2D eigenvalue weighted by molar-refractivity contribution is 5.87. The molecule has 0 aromatic heterocycles. The molecule has 0 amide bonds. The molecule has 1 heteroatoms. The summed E-state index contributed by atoms with van der Waals surface area (Å²) in [5.41, 5.74) is 2.66. The number of nitrogens with zero attached hydrogens (tertiary/aromatic N) is 1. The molecule has 1 aliphatic rings. The second-order valence-electron chi connectivity index (χ2n) is 3.28. The molecule has 1 nitrogen and oxygen atoms in total. The molecule has 0 fully saturated rings. The Labute approximate surface area is 78.8 Å². The lowest BCUT2D eigenvalue weighted by Crippen LogP contribution is -2.04. The van der Waals surface area contributed by atoms with Gasteiger partial charge >= 0.3 is 0 Å². The van der Waals surface area contributed by atoms with Crippen LogP contribution in [0.5, 0.6) is 0 Å². The first kappa shape index (κ1) is 8.24. The van der Waals surface area contributed by atoms with E-state index in [2.05, 4.69) is 35.3 Å². The van der Waals surface area contributed by atoms with Crippen molar-refractivity contribution in [3.05, 3.63) is 48.2 Å². The van der Waals surface area contributed by atoms with E-state index in [1.807, 2.05) is 12.3 Å². The normalized spacial score (nSPS) is 15.5. The summed E-state index contributed by atoms with van der Waals surface area (Å²) < 4.78 is 0. The van der Waals surface area contributed by atoms with Crippen LogP contribution in [0, 0.1) is 0 Å². The largest absolute Gasteiger partial charge is 0.266 e. The van der Waals surface area contributed by atoms with Crippen molar-refractivity contribution in [3.63, 3.8) is 0 Å². The minimum atomic E-state index is 1.01. The molecule has 2 rings (SSSR count). The van der Waals surface area contributed by atoms with Crippen molar-refractivity contribution < 1.29 is 0 Å². The standard InChI is InChI=1S/C12H13N/c1-2-6-11(7-3-1)10-12-8-4-5-9-13-12/h1-3,5-7,9H,4,8,10H2. The second kappa shape index (κ2) is 4.04. The van der Waals surface area contributed by atoms with E-state index in [1.165, 1.54) is 11.3 Å². The molecule has 13 heavy (non-hydrogen) atoms. The van der Waals surface area contributed by atoms with Crippen molar-refractivity contribution in [1.29, 1.82) is 0 Å². The van der Waals surface area contributed by atoms with Gasteiger partial charge in [0.05, 0.1) is 0 Å². The molecule has 0 saturated carbocycles. The Morgan fingerprint density at radius 2 is 2.00 bits per heavy atom. The summed E-state index contributed by atoms with van der Waals surface area (Å²) in [6.45, 7) is 0. The Kier molecular flexibility index (Phi) is 2.56. The summed E-state index contributed by atoms with van der Waals surface area (Å²) in [5.74, 6) is 0. The highest BCUT2D eigenvalue weighted by atomic mass is 14.7. The topological polar surface area (TPSA) is 12.4 Å². The molecule has 1 heterocycles. The zero-order valence-electron chi connectivity index (χ0n) is 7.61. The third-order valence-corrected chi connectivity index (χ3v) is 2.21. The maximum absolute atomic E-state index is 4.36. The van der Waals surface area contributed by atoms with E-state index in [9.17, 15) is 0 Å². The van der Waals surface area contributed by atoms with E-state index in [1.54, 1.807) is 0 Å². The Balaban J connectivity index is 2.06. The summed E-state index contributed by atoms with van der Waals surface area (Å²) in [5, 5.41) is 0. The zero-order chi connectivity index (χ0) is 8.93. The van der Waals surface area contributed by atoms with Gasteiger partial charge in [0, 0.05) is 18.3 Å². The van der Waals surface area contributed by atoms with Crippen LogP contribution in [0.25, 0.3) is 0 Å². The van der Waals surface area contributed by atoms with E-state index in [-0.39, 0.29) is 0 Å². The predicted molar refractivity (Wildman–Crippen MR) is 56.0 cm³/mol. The van der Waals surface area contributed by atoms with E-state index >= 15 is 0 Å². The van der Waals surface area contributed by atoms with Gasteiger partial charge in [0.25, 0.3) is 0 Å². The smallest absolute Gasteiger partial charge is 0.0227 e. The summed E-state index contributed by atoms with van der Waals surface area (Å²) in [6, 6.07) is 10.5. The highest BCUT2D eigenvalue weighted by Gasteiger charge is 2.01. The molecule has 0 radical (unpaired) electrons. The van der Waals surface area contributed by atoms with Crippen molar-refractivity contribution in [3.8, 4) is 0 Å². The average Bonchev–Trinajstić information content (AvgIpc) is 2.21. The van der Waals surface area contributed by atoms with Crippen molar-refractivity contribution in [2.75, 3.05) is 0 Å². The van der Waals surface area contributed by atoms with Gasteiger partial charge < -0.3 is 0 Å². The lowest BCUT2D eigenvalue weighted by atomic mass is 10.0. The second-order valence-corrected chi connectivity index (χ2v) is 3.28. The van der Waals surface area contributed by atoms with Crippen LogP contribution in [0.2, 0.25) is 0 Å². The molecule has 0 atom stereocenters. The number of rotatable bonds is 2. The van der Waals surface area contributed by atoms with Crippen LogP contribution < -0.4 is 0 Å². The molecule has 0 bridgehead atoms. The fourth-order valence-electron chi connectivity index (χ4n) is 1.51. The highest BCUT2D eigenvalue weighted by Crippen LogP contribution is 2.08. The lowest BCUT2D eigenvalue weighted by Gasteiger charge is -2.06. The van der Waals surface area contributed by atoms with Gasteiger partial charge in [-0.25, -0.2) is 0 Å². The summed E-state index contributed by atoms with van der Waals surface area (Å²) in [6.07, 6.45) is 7.30. The van der Waals surface area contributed by atoms with Crippen LogP contribution >= 0.6 is 0 Å². The SMILES string of the molecule is C1=CN=C(Cc2ccccc2)CC1. The van der Waals surface area contributed by atoms with Crippen molar-refractivity contribution in [2.45, 2.75) is 19.3 Å². The van der Waals surface area contributed by atoms with Crippen LogP contribution in [0.4, 0.5) is 0 Å². The van der Waals surface area contributed by atoms with Crippen LogP contribution in [-0.4, -0.2) is 5.71 Å². The molecule has 0 unspecified atom stereocenters. The Morgan fingerprint density at radius 3 is 2.69 bits per heavy atom. The molecule has 0 N–H and O–H groups in total. The van der Waals surface area contributed by atoms with Crippen LogP contribution in [0.15, 0.2) is 47.6 Å². The van der Waals surface area contributed by atoms with Gasteiger partial charge in [0.15, 0.2) is 0 Å². The van der Waals surface area contributed by atoms with Crippen LogP contribution in [0.1, 0.15) is 18.4 Å². The maximum atomic E-state index is 4.36. The molecule has 1 aromatic rings. The monoisotopic (exact) mass is 171 g/mol. The van der Waals surface area contributed by atoms with Gasteiger partial charge in [-0.15, -0.1) is 0 Å². The van der Waals surface area contributed by atoms with Gasteiger partial charge in [-0.2, -0.15) is 0 Å². The lowest BCUT2D eigenvalue weighted by molar-refractivity contribution is 1.03. The molecular formula is C12H13N. The average molecular weight is 171 g/mol. The molecule has 1 aliphatic heterocycles. The molecule has 0 spiro atoms. The summed E-state index contributed by atoms with van der Waals surface area (Å²) >= 11 is 0. The number of aliphatic imine (C=N–C) groups is 1. The Hall–Kier alpha value is -1.37. The molecule has 66 valence electrons. The Bertz CT molecular complexity index is 322. The number of hydrogen-bond acceptors (Lipinski definition) is 1. The van der Waals surface area contributed by atoms with Crippen molar-refractivity contribution in [2.24, 2.45) is 4.99 Å². The zero-order valence-corrected chi connectivity index (χ0v) is 7.61. The molecular weight excluding hydrogens is 158 g/mol. The van der Waals surface area contributed by atoms with E-state index < -0.39 is 0 Å². The minimum absolute atomic E-state index is 1.01. The van der Waals surface area contributed by atoms with Gasteiger partial charge in [-0.1, -0.05) is 36.4 Å². The number of hydrogen-bond donors (Lipinski definition) is 0. The van der Waals surface area contributed by atoms with Crippen molar-refractivity contribution >= 4 is 5.71 Å². The van der Waals surface area contributed by atoms with Gasteiger partial charge in [-0.3, -0.25) is 4.99 Å². The maximum Gasteiger partial charge on any atom is 0.0227 e. The first-order chi connectivity index (χ1) is 6.45. The third-order valence-electron chi connectivity index (χ3n) is 2.21. The van der Waals surface area contributed by atoms with Gasteiger partial charge in [0.2, 0.25) is 0 Å². The molecule has 1 aromatic carbocycles. The van der Waals surface area contributed by atoms with Crippen LogP contribution in [-0.2, 0) is 6.42 Å². The summed E-state index contributed by atoms with van der Waals surface area (Å²) in [7, 11) is 0. The minimum Gasteiger partial charge on any atom is -0.266 e. The molecule has 0 aliphatic carbocycles.